The van der Waals surface area contributed by atoms with Crippen molar-refractivity contribution in [1.82, 2.24) is 0 Å². The lowest BCUT2D eigenvalue weighted by Crippen LogP contribution is -2.36. The Morgan fingerprint density at radius 2 is 2.19 bits per heavy atom. The third-order valence-corrected chi connectivity index (χ3v) is 3.94. The summed E-state index contributed by atoms with van der Waals surface area (Å²) in [6.45, 7) is 4.84. The van der Waals surface area contributed by atoms with Crippen LogP contribution in [0, 0.1) is 6.92 Å². The molecule has 0 aliphatic carbocycles. The first kappa shape index (κ1) is 19.3. The van der Waals surface area contributed by atoms with Gasteiger partial charge in [0.2, 0.25) is 6.08 Å². The van der Waals surface area contributed by atoms with E-state index in [4.69, 9.17) is 4.74 Å². The summed E-state index contributed by atoms with van der Waals surface area (Å²) in [5.41, 5.74) is 3.09. The molecule has 0 radical (unpaired) electrons. The zero-order valence-corrected chi connectivity index (χ0v) is 15.2. The van der Waals surface area contributed by atoms with Crippen molar-refractivity contribution in [1.29, 1.82) is 0 Å². The first-order chi connectivity index (χ1) is 12.6. The number of aryl methyl sites for hydroxylation is 2. The van der Waals surface area contributed by atoms with Gasteiger partial charge in [0, 0.05) is 17.3 Å². The second-order valence-corrected chi connectivity index (χ2v) is 6.02. The topological polar surface area (TPSA) is 71.6 Å². The number of nitrogens with zero attached hydrogens (tertiary/aromatic N) is 2. The molecule has 1 heterocycles. The summed E-state index contributed by atoms with van der Waals surface area (Å²) in [4.78, 5) is 25.9. The highest BCUT2D eigenvalue weighted by Crippen LogP contribution is 2.22. The molecule has 0 fully saturated rings. The van der Waals surface area contributed by atoms with Gasteiger partial charge in [-0.25, -0.2) is 14.2 Å². The lowest BCUT2D eigenvalue weighted by molar-refractivity contribution is -0.698. The quantitative estimate of drug-likeness (QED) is 0.445. The van der Waals surface area contributed by atoms with Crippen molar-refractivity contribution in [2.75, 3.05) is 11.9 Å². The molecule has 0 saturated carbocycles. The minimum atomic E-state index is -0.544. The van der Waals surface area contributed by atoms with Crippen molar-refractivity contribution >= 4 is 23.5 Å². The van der Waals surface area contributed by atoms with Crippen LogP contribution < -0.4 is 9.88 Å². The molecule has 6 nitrogen and oxygen atoms in total. The Labute approximate surface area is 153 Å². The monoisotopic (exact) mass is 354 g/mol. The summed E-state index contributed by atoms with van der Waals surface area (Å²) in [6, 6.07) is 9.21. The Bertz CT molecular complexity index is 799. The molecular weight excluding hydrogens is 330 g/mol. The van der Waals surface area contributed by atoms with E-state index in [1.54, 1.807) is 18.2 Å². The number of pyridine rings is 1. The predicted molar refractivity (Wildman–Crippen MR) is 99.2 cm³/mol. The number of nitrogens with one attached hydrogen (secondary N) is 1. The summed E-state index contributed by atoms with van der Waals surface area (Å²) >= 11 is 0. The van der Waals surface area contributed by atoms with Gasteiger partial charge in [-0.2, -0.15) is 4.99 Å². The number of unbranched alkanes of at least 4 members (excludes halogenated alkanes) is 1. The molecule has 0 bridgehead atoms. The largest absolute Gasteiger partial charge is 0.443 e. The van der Waals surface area contributed by atoms with E-state index < -0.39 is 6.09 Å². The fourth-order valence-corrected chi connectivity index (χ4v) is 2.50. The summed E-state index contributed by atoms with van der Waals surface area (Å²) in [7, 11) is 0. The van der Waals surface area contributed by atoms with Gasteiger partial charge < -0.3 is 4.74 Å². The van der Waals surface area contributed by atoms with E-state index in [-0.39, 0.29) is 6.61 Å². The predicted octanol–water partition coefficient (Wildman–Crippen LogP) is 3.84. The van der Waals surface area contributed by atoms with E-state index in [0.29, 0.717) is 17.9 Å². The maximum Gasteiger partial charge on any atom is 0.411 e. The number of amides is 1. The Balaban J connectivity index is 1.84. The van der Waals surface area contributed by atoms with Crippen LogP contribution in [0.1, 0.15) is 30.9 Å². The van der Waals surface area contributed by atoms with Crippen LogP contribution in [0.4, 0.5) is 16.2 Å². The van der Waals surface area contributed by atoms with Gasteiger partial charge in [0.15, 0.2) is 25.5 Å². The molecule has 1 aromatic heterocycles. The number of carbonyl (C=O) groups is 1. The maximum absolute atomic E-state index is 11.9. The number of carbonyl (C=O) groups excluding carboxylic acids is 2. The Morgan fingerprint density at radius 1 is 1.35 bits per heavy atom. The molecule has 136 valence electrons. The molecule has 1 aromatic carbocycles. The van der Waals surface area contributed by atoms with Gasteiger partial charge in [-0.1, -0.05) is 19.4 Å². The maximum atomic E-state index is 11.9. The number of aliphatic imine (C=N–C) groups is 1. The molecule has 0 saturated heterocycles. The van der Waals surface area contributed by atoms with Crippen molar-refractivity contribution in [3.8, 4) is 0 Å². The molecular formula is C20H24N3O3+. The van der Waals surface area contributed by atoms with Crippen LogP contribution in [0.15, 0.2) is 47.7 Å². The third kappa shape index (κ3) is 6.15. The minimum absolute atomic E-state index is 0.263. The average molecular weight is 354 g/mol. The van der Waals surface area contributed by atoms with E-state index in [1.165, 1.54) is 11.6 Å². The van der Waals surface area contributed by atoms with Crippen molar-refractivity contribution in [2.45, 2.75) is 39.7 Å². The first-order valence-corrected chi connectivity index (χ1v) is 8.72. The van der Waals surface area contributed by atoms with Gasteiger partial charge in [0.25, 0.3) is 0 Å². The number of anilines is 1. The van der Waals surface area contributed by atoms with E-state index in [2.05, 4.69) is 29.5 Å². The van der Waals surface area contributed by atoms with E-state index >= 15 is 0 Å². The fourth-order valence-electron chi connectivity index (χ4n) is 2.50. The van der Waals surface area contributed by atoms with Gasteiger partial charge in [0.1, 0.15) is 0 Å². The summed E-state index contributed by atoms with van der Waals surface area (Å²) in [5, 5.41) is 2.63. The van der Waals surface area contributed by atoms with Crippen LogP contribution in [-0.4, -0.2) is 18.8 Å². The Hall–Kier alpha value is -2.98. The van der Waals surface area contributed by atoms with Crippen LogP contribution in [0.25, 0.3) is 0 Å². The lowest BCUT2D eigenvalue weighted by Gasteiger charge is -2.07. The van der Waals surface area contributed by atoms with Gasteiger partial charge in [-0.3, -0.25) is 5.32 Å². The van der Waals surface area contributed by atoms with Crippen LogP contribution in [0.5, 0.6) is 0 Å². The Kier molecular flexibility index (Phi) is 7.52. The molecule has 2 rings (SSSR count). The second kappa shape index (κ2) is 10.1. The zero-order chi connectivity index (χ0) is 18.8. The van der Waals surface area contributed by atoms with Crippen molar-refractivity contribution in [3.05, 3.63) is 53.9 Å². The number of hydrogen-bond acceptors (Lipinski definition) is 4. The number of ether oxygens (including phenoxy) is 1. The molecule has 0 spiro atoms. The van der Waals surface area contributed by atoms with E-state index in [1.807, 2.05) is 23.8 Å². The van der Waals surface area contributed by atoms with Crippen LogP contribution in [0.3, 0.4) is 0 Å². The van der Waals surface area contributed by atoms with Crippen molar-refractivity contribution in [3.63, 3.8) is 0 Å². The highest BCUT2D eigenvalue weighted by molar-refractivity contribution is 5.85. The molecule has 0 aliphatic heterocycles. The molecule has 1 amide bonds. The highest BCUT2D eigenvalue weighted by atomic mass is 16.5. The molecule has 1 N–H and O–H groups in total. The van der Waals surface area contributed by atoms with Gasteiger partial charge in [-0.05, 0) is 43.5 Å². The minimum Gasteiger partial charge on any atom is -0.443 e. The molecule has 0 aliphatic rings. The third-order valence-electron chi connectivity index (χ3n) is 3.94. The standard InChI is InChI=1S/C20H23N3O3/c1-3-4-6-17-7-5-10-23(14-17)11-12-26-20(25)22-18-9-8-16(2)19(13-18)21-15-24/h5,7-10,13-14H,3-4,6,11-12H2,1-2H3/p+1. The normalized spacial score (nSPS) is 10.1. The molecule has 0 atom stereocenters. The van der Waals surface area contributed by atoms with Crippen molar-refractivity contribution < 1.29 is 18.9 Å². The van der Waals surface area contributed by atoms with Crippen LogP contribution >= 0.6 is 0 Å². The molecule has 26 heavy (non-hydrogen) atoms. The smallest absolute Gasteiger partial charge is 0.411 e. The molecule has 0 unspecified atom stereocenters. The second-order valence-electron chi connectivity index (χ2n) is 6.02. The SMILES string of the molecule is CCCCc1ccc[n+](CCOC(=O)Nc2ccc(C)c(N=C=O)c2)c1. The summed E-state index contributed by atoms with van der Waals surface area (Å²) < 4.78 is 7.24. The Morgan fingerprint density at radius 3 is 2.96 bits per heavy atom. The van der Waals surface area contributed by atoms with Gasteiger partial charge >= 0.3 is 6.09 Å². The zero-order valence-electron chi connectivity index (χ0n) is 15.2. The molecule has 6 heteroatoms. The van der Waals surface area contributed by atoms with Crippen LogP contribution in [0.2, 0.25) is 0 Å². The average Bonchev–Trinajstić information content (AvgIpc) is 2.63. The van der Waals surface area contributed by atoms with Gasteiger partial charge in [0.05, 0.1) is 5.69 Å². The number of aromatic nitrogens is 1. The lowest BCUT2D eigenvalue weighted by atomic mass is 10.1. The summed E-state index contributed by atoms with van der Waals surface area (Å²) in [5.74, 6) is 0. The first-order valence-electron chi connectivity index (χ1n) is 8.72. The van der Waals surface area contributed by atoms with Gasteiger partial charge in [-0.15, -0.1) is 0 Å². The summed E-state index contributed by atoms with van der Waals surface area (Å²) in [6.07, 6.45) is 8.38. The molecule has 2 aromatic rings. The number of isocyanates is 1. The number of rotatable bonds is 8. The number of hydrogen-bond donors (Lipinski definition) is 1. The van der Waals surface area contributed by atoms with E-state index in [0.717, 1.165) is 24.8 Å². The van der Waals surface area contributed by atoms with Crippen LogP contribution in [-0.2, 0) is 22.5 Å². The fraction of sp³-hybridized carbons (Fsp3) is 0.350. The van der Waals surface area contributed by atoms with E-state index in [9.17, 15) is 9.59 Å². The van der Waals surface area contributed by atoms with Crippen molar-refractivity contribution in [2.24, 2.45) is 4.99 Å². The highest BCUT2D eigenvalue weighted by Gasteiger charge is 2.08. The number of benzene rings is 1.